The Kier molecular flexibility index (Phi) is 6.46. The highest BCUT2D eigenvalue weighted by Gasteiger charge is 2.22. The zero-order chi connectivity index (χ0) is 15.9. The zero-order valence-electron chi connectivity index (χ0n) is 13.0. The average Bonchev–Trinajstić information content (AvgIpc) is 2.95. The second kappa shape index (κ2) is 8.34. The van der Waals surface area contributed by atoms with E-state index in [2.05, 4.69) is 22.1 Å². The summed E-state index contributed by atoms with van der Waals surface area (Å²) in [6.07, 6.45) is 2.88. The van der Waals surface area contributed by atoms with E-state index in [4.69, 9.17) is 17.3 Å². The lowest BCUT2D eigenvalue weighted by molar-refractivity contribution is 0.273. The molecule has 6 heteroatoms. The molecule has 22 heavy (non-hydrogen) atoms. The summed E-state index contributed by atoms with van der Waals surface area (Å²) in [5.41, 5.74) is 6.38. The third kappa shape index (κ3) is 4.58. The van der Waals surface area contributed by atoms with Gasteiger partial charge in [-0.2, -0.15) is 0 Å². The van der Waals surface area contributed by atoms with Gasteiger partial charge in [-0.3, -0.25) is 9.89 Å². The molecule has 1 fully saturated rings. The van der Waals surface area contributed by atoms with Gasteiger partial charge in [-0.15, -0.1) is 0 Å². The fraction of sp³-hybridized carbons (Fsp3) is 0.562. The SMILES string of the molecule is CCN1CCCC1CN=C(N)NCCc1c(F)cccc1Cl. The first-order valence-corrected chi connectivity index (χ1v) is 8.20. The smallest absolute Gasteiger partial charge is 0.188 e. The van der Waals surface area contributed by atoms with E-state index in [9.17, 15) is 4.39 Å². The zero-order valence-corrected chi connectivity index (χ0v) is 13.7. The van der Waals surface area contributed by atoms with Crippen LogP contribution in [-0.4, -0.2) is 43.1 Å². The number of halogens is 2. The van der Waals surface area contributed by atoms with Gasteiger partial charge in [-0.05, 0) is 44.5 Å². The second-order valence-electron chi connectivity index (χ2n) is 5.53. The van der Waals surface area contributed by atoms with E-state index in [0.717, 1.165) is 13.1 Å². The Hall–Kier alpha value is -1.33. The van der Waals surface area contributed by atoms with Crippen LogP contribution < -0.4 is 11.1 Å². The summed E-state index contributed by atoms with van der Waals surface area (Å²) < 4.78 is 13.6. The third-order valence-corrected chi connectivity index (χ3v) is 4.47. The third-order valence-electron chi connectivity index (χ3n) is 4.12. The van der Waals surface area contributed by atoms with Crippen LogP contribution in [0.3, 0.4) is 0 Å². The quantitative estimate of drug-likeness (QED) is 0.623. The molecule has 0 spiro atoms. The number of guanidine groups is 1. The average molecular weight is 327 g/mol. The van der Waals surface area contributed by atoms with Crippen LogP contribution in [0, 0.1) is 5.82 Å². The van der Waals surface area contributed by atoms with Gasteiger partial charge in [0.05, 0.1) is 6.54 Å². The Bertz CT molecular complexity index is 501. The number of hydrogen-bond acceptors (Lipinski definition) is 2. The lowest BCUT2D eigenvalue weighted by Crippen LogP contribution is -2.36. The van der Waals surface area contributed by atoms with E-state index in [0.29, 0.717) is 42.1 Å². The van der Waals surface area contributed by atoms with E-state index in [1.54, 1.807) is 12.1 Å². The molecular weight excluding hydrogens is 303 g/mol. The van der Waals surface area contributed by atoms with Crippen molar-refractivity contribution in [3.63, 3.8) is 0 Å². The van der Waals surface area contributed by atoms with Crippen LogP contribution in [-0.2, 0) is 6.42 Å². The van der Waals surface area contributed by atoms with Gasteiger partial charge in [0, 0.05) is 23.2 Å². The van der Waals surface area contributed by atoms with Crippen LogP contribution in [0.25, 0.3) is 0 Å². The molecule has 1 unspecified atom stereocenters. The molecule has 1 heterocycles. The number of likely N-dealkylation sites (N-methyl/N-ethyl adjacent to an activating group) is 1. The maximum absolute atomic E-state index is 13.6. The van der Waals surface area contributed by atoms with Gasteiger partial charge in [-0.1, -0.05) is 24.6 Å². The van der Waals surface area contributed by atoms with Crippen molar-refractivity contribution in [2.24, 2.45) is 10.7 Å². The van der Waals surface area contributed by atoms with Crippen LogP contribution in [0.4, 0.5) is 4.39 Å². The number of hydrogen-bond donors (Lipinski definition) is 2. The molecule has 0 bridgehead atoms. The van der Waals surface area contributed by atoms with Crippen molar-refractivity contribution in [3.05, 3.63) is 34.6 Å². The summed E-state index contributed by atoms with van der Waals surface area (Å²) in [5.74, 6) is 0.129. The molecule has 0 radical (unpaired) electrons. The molecule has 0 aromatic heterocycles. The van der Waals surface area contributed by atoms with Crippen molar-refractivity contribution in [2.45, 2.75) is 32.2 Å². The molecule has 0 aliphatic carbocycles. The molecule has 1 aromatic carbocycles. The van der Waals surface area contributed by atoms with E-state index >= 15 is 0 Å². The Balaban J connectivity index is 1.78. The standard InChI is InChI=1S/C16H24ClFN4/c1-2-22-10-4-5-12(22)11-21-16(19)20-9-8-13-14(17)6-3-7-15(13)18/h3,6-7,12H,2,4-5,8-11H2,1H3,(H3,19,20,21). The number of nitrogens with two attached hydrogens (primary N) is 1. The number of nitrogens with one attached hydrogen (secondary N) is 1. The fourth-order valence-electron chi connectivity index (χ4n) is 2.86. The molecule has 1 aliphatic rings. The minimum absolute atomic E-state index is 0.283. The maximum Gasteiger partial charge on any atom is 0.188 e. The lowest BCUT2D eigenvalue weighted by Gasteiger charge is -2.21. The summed E-state index contributed by atoms with van der Waals surface area (Å²) >= 11 is 5.99. The van der Waals surface area contributed by atoms with Crippen LogP contribution in [0.1, 0.15) is 25.3 Å². The lowest BCUT2D eigenvalue weighted by atomic mass is 10.1. The van der Waals surface area contributed by atoms with Crippen molar-refractivity contribution in [3.8, 4) is 0 Å². The molecule has 1 aliphatic heterocycles. The van der Waals surface area contributed by atoms with E-state index in [1.807, 2.05) is 0 Å². The van der Waals surface area contributed by atoms with Crippen molar-refractivity contribution >= 4 is 17.6 Å². The number of rotatable bonds is 6. The molecule has 0 saturated carbocycles. The largest absolute Gasteiger partial charge is 0.370 e. The van der Waals surface area contributed by atoms with Gasteiger partial charge in [0.15, 0.2) is 5.96 Å². The molecule has 1 saturated heterocycles. The minimum Gasteiger partial charge on any atom is -0.370 e. The summed E-state index contributed by atoms with van der Waals surface area (Å²) in [7, 11) is 0. The van der Waals surface area contributed by atoms with Gasteiger partial charge >= 0.3 is 0 Å². The Morgan fingerprint density at radius 1 is 1.55 bits per heavy atom. The van der Waals surface area contributed by atoms with Crippen molar-refractivity contribution in [1.29, 1.82) is 0 Å². The van der Waals surface area contributed by atoms with Gasteiger partial charge in [0.25, 0.3) is 0 Å². The van der Waals surface area contributed by atoms with Gasteiger partial charge in [0.2, 0.25) is 0 Å². The molecule has 0 amide bonds. The molecule has 1 aromatic rings. The van der Waals surface area contributed by atoms with Crippen molar-refractivity contribution < 1.29 is 4.39 Å². The Labute approximate surface area is 136 Å². The first kappa shape index (κ1) is 17.0. The highest BCUT2D eigenvalue weighted by atomic mass is 35.5. The summed E-state index contributed by atoms with van der Waals surface area (Å²) in [6, 6.07) is 5.20. The summed E-state index contributed by atoms with van der Waals surface area (Å²) in [5, 5.41) is 3.47. The molecule has 2 rings (SSSR count). The molecular formula is C16H24ClFN4. The topological polar surface area (TPSA) is 53.6 Å². The van der Waals surface area contributed by atoms with Crippen LogP contribution in [0.2, 0.25) is 5.02 Å². The van der Waals surface area contributed by atoms with Crippen molar-refractivity contribution in [2.75, 3.05) is 26.2 Å². The summed E-state index contributed by atoms with van der Waals surface area (Å²) in [4.78, 5) is 6.82. The predicted molar refractivity (Wildman–Crippen MR) is 89.9 cm³/mol. The number of nitrogens with zero attached hydrogens (tertiary/aromatic N) is 2. The van der Waals surface area contributed by atoms with Crippen LogP contribution in [0.15, 0.2) is 23.2 Å². The minimum atomic E-state index is -0.283. The molecule has 4 nitrogen and oxygen atoms in total. The van der Waals surface area contributed by atoms with E-state index < -0.39 is 0 Å². The molecule has 1 atom stereocenters. The highest BCUT2D eigenvalue weighted by Crippen LogP contribution is 2.19. The van der Waals surface area contributed by atoms with E-state index in [1.165, 1.54) is 18.9 Å². The van der Waals surface area contributed by atoms with Gasteiger partial charge < -0.3 is 11.1 Å². The summed E-state index contributed by atoms with van der Waals surface area (Å²) in [6.45, 7) is 5.60. The highest BCUT2D eigenvalue weighted by molar-refractivity contribution is 6.31. The first-order valence-electron chi connectivity index (χ1n) is 7.82. The maximum atomic E-state index is 13.6. The predicted octanol–water partition coefficient (Wildman–Crippen LogP) is 2.41. The molecule has 3 N–H and O–H groups in total. The Morgan fingerprint density at radius 3 is 3.09 bits per heavy atom. The second-order valence-corrected chi connectivity index (χ2v) is 5.93. The number of benzene rings is 1. The normalized spacial score (nSPS) is 19.6. The fourth-order valence-corrected chi connectivity index (χ4v) is 3.12. The van der Waals surface area contributed by atoms with Gasteiger partial charge in [-0.25, -0.2) is 4.39 Å². The number of likely N-dealkylation sites (tertiary alicyclic amines) is 1. The molecule has 122 valence electrons. The monoisotopic (exact) mass is 326 g/mol. The van der Waals surface area contributed by atoms with Crippen molar-refractivity contribution in [1.82, 2.24) is 10.2 Å². The van der Waals surface area contributed by atoms with Gasteiger partial charge in [0.1, 0.15) is 5.82 Å². The first-order chi connectivity index (χ1) is 10.6. The van der Waals surface area contributed by atoms with Crippen LogP contribution >= 0.6 is 11.6 Å². The van der Waals surface area contributed by atoms with E-state index in [-0.39, 0.29) is 5.82 Å². The number of aliphatic imine (C=N–C) groups is 1. The van der Waals surface area contributed by atoms with Crippen LogP contribution in [0.5, 0.6) is 0 Å². The Morgan fingerprint density at radius 2 is 2.36 bits per heavy atom.